The number of rotatable bonds is 5. The zero-order valence-electron chi connectivity index (χ0n) is 17.4. The molecule has 156 valence electrons. The third-order valence-corrected chi connectivity index (χ3v) is 5.60. The summed E-state index contributed by atoms with van der Waals surface area (Å²) >= 11 is 6.19. The van der Waals surface area contributed by atoms with Gasteiger partial charge in [0.2, 0.25) is 0 Å². The van der Waals surface area contributed by atoms with E-state index in [0.717, 1.165) is 33.9 Å². The zero-order chi connectivity index (χ0) is 22.0. The van der Waals surface area contributed by atoms with E-state index in [4.69, 9.17) is 22.4 Å². The van der Waals surface area contributed by atoms with E-state index in [0.29, 0.717) is 22.7 Å². The Hall–Kier alpha value is -3.57. The number of hydrogen-bond acceptors (Lipinski definition) is 3. The van der Waals surface area contributed by atoms with Gasteiger partial charge < -0.3 is 11.1 Å². The van der Waals surface area contributed by atoms with Gasteiger partial charge in [-0.15, -0.1) is 0 Å². The van der Waals surface area contributed by atoms with Crippen LogP contribution in [0.4, 0.5) is 11.4 Å². The first-order valence-corrected chi connectivity index (χ1v) is 10.4. The molecule has 0 saturated carbocycles. The molecule has 4 aromatic rings. The summed E-state index contributed by atoms with van der Waals surface area (Å²) in [5, 5.41) is 8.13. The molecule has 0 aliphatic rings. The molecule has 0 aliphatic carbocycles. The van der Waals surface area contributed by atoms with Crippen LogP contribution < -0.4 is 11.1 Å². The van der Waals surface area contributed by atoms with Gasteiger partial charge in [-0.2, -0.15) is 5.10 Å². The number of nitrogens with two attached hydrogens (primary N) is 1. The van der Waals surface area contributed by atoms with Crippen molar-refractivity contribution in [2.75, 3.05) is 11.1 Å². The fraction of sp³-hybridized carbons (Fsp3) is 0.120. The van der Waals surface area contributed by atoms with Crippen molar-refractivity contribution in [3.05, 3.63) is 106 Å². The van der Waals surface area contributed by atoms with Crippen LogP contribution in [0.2, 0.25) is 5.02 Å². The molecular formula is C25H23ClN4O. The molecule has 4 rings (SSSR count). The van der Waals surface area contributed by atoms with Gasteiger partial charge in [-0.1, -0.05) is 41.9 Å². The van der Waals surface area contributed by atoms with Gasteiger partial charge in [-0.05, 0) is 61.9 Å². The number of amides is 1. The Morgan fingerprint density at radius 3 is 2.55 bits per heavy atom. The molecule has 0 bridgehead atoms. The maximum Gasteiger partial charge on any atom is 0.255 e. The highest BCUT2D eigenvalue weighted by Crippen LogP contribution is 2.26. The van der Waals surface area contributed by atoms with Gasteiger partial charge in [0.15, 0.2) is 0 Å². The van der Waals surface area contributed by atoms with Crippen LogP contribution in [0.1, 0.15) is 32.9 Å². The summed E-state index contributed by atoms with van der Waals surface area (Å²) in [6, 6.07) is 22.6. The number of aryl methyl sites for hydroxylation is 1. The van der Waals surface area contributed by atoms with Crippen LogP contribution in [0.5, 0.6) is 0 Å². The van der Waals surface area contributed by atoms with Crippen LogP contribution in [-0.4, -0.2) is 15.7 Å². The summed E-state index contributed by atoms with van der Waals surface area (Å²) in [5.41, 5.74) is 12.8. The molecule has 0 unspecified atom stereocenters. The van der Waals surface area contributed by atoms with Crippen LogP contribution in [0.25, 0.3) is 5.69 Å². The minimum atomic E-state index is -0.131. The fourth-order valence-corrected chi connectivity index (χ4v) is 3.76. The molecule has 0 spiro atoms. The summed E-state index contributed by atoms with van der Waals surface area (Å²) in [6.07, 6.45) is 0.673. The third-order valence-electron chi connectivity index (χ3n) is 5.27. The number of hydrogen-bond donors (Lipinski definition) is 2. The molecule has 3 N–H and O–H groups in total. The lowest BCUT2D eigenvalue weighted by molar-refractivity contribution is 0.102. The Kier molecular flexibility index (Phi) is 5.78. The van der Waals surface area contributed by atoms with Crippen LogP contribution >= 0.6 is 11.6 Å². The van der Waals surface area contributed by atoms with Crippen molar-refractivity contribution < 1.29 is 4.79 Å². The van der Waals surface area contributed by atoms with Gasteiger partial charge in [0.05, 0.1) is 22.1 Å². The molecule has 0 aliphatic heterocycles. The fourth-order valence-electron chi connectivity index (χ4n) is 3.58. The second-order valence-electron chi connectivity index (χ2n) is 7.46. The summed E-state index contributed by atoms with van der Waals surface area (Å²) < 4.78 is 1.88. The highest BCUT2D eigenvalue weighted by molar-refractivity contribution is 6.33. The van der Waals surface area contributed by atoms with E-state index in [-0.39, 0.29) is 5.91 Å². The lowest BCUT2D eigenvalue weighted by Crippen LogP contribution is -2.12. The third kappa shape index (κ3) is 4.47. The van der Waals surface area contributed by atoms with Gasteiger partial charge in [0.1, 0.15) is 0 Å². The predicted octanol–water partition coefficient (Wildman–Crippen LogP) is 5.57. The van der Waals surface area contributed by atoms with E-state index in [1.165, 1.54) is 0 Å². The Labute approximate surface area is 186 Å². The molecule has 0 saturated heterocycles. The molecule has 31 heavy (non-hydrogen) atoms. The maximum atomic E-state index is 12.7. The van der Waals surface area contributed by atoms with Crippen LogP contribution in [0, 0.1) is 13.8 Å². The minimum Gasteiger partial charge on any atom is -0.398 e. The zero-order valence-corrected chi connectivity index (χ0v) is 18.1. The van der Waals surface area contributed by atoms with E-state index in [2.05, 4.69) is 5.32 Å². The van der Waals surface area contributed by atoms with Gasteiger partial charge >= 0.3 is 0 Å². The van der Waals surface area contributed by atoms with Crippen molar-refractivity contribution in [3.8, 4) is 5.69 Å². The Morgan fingerprint density at radius 1 is 1.03 bits per heavy atom. The molecule has 0 fully saturated rings. The summed E-state index contributed by atoms with van der Waals surface area (Å²) in [4.78, 5) is 12.7. The number of halogens is 1. The van der Waals surface area contributed by atoms with E-state index >= 15 is 0 Å². The summed E-state index contributed by atoms with van der Waals surface area (Å²) in [5.74, 6) is -0.131. The van der Waals surface area contributed by atoms with E-state index in [9.17, 15) is 4.79 Å². The van der Waals surface area contributed by atoms with E-state index in [1.54, 1.807) is 6.07 Å². The molecule has 1 amide bonds. The van der Waals surface area contributed by atoms with Crippen molar-refractivity contribution >= 4 is 28.9 Å². The molecule has 0 radical (unpaired) electrons. The first kappa shape index (κ1) is 20.7. The molecule has 0 atom stereocenters. The molecule has 3 aromatic carbocycles. The van der Waals surface area contributed by atoms with Gasteiger partial charge in [-0.25, -0.2) is 4.68 Å². The number of carbonyl (C=O) groups is 1. The predicted molar refractivity (Wildman–Crippen MR) is 126 cm³/mol. The van der Waals surface area contributed by atoms with Gasteiger partial charge in [0, 0.05) is 28.9 Å². The normalized spacial score (nSPS) is 10.8. The topological polar surface area (TPSA) is 72.9 Å². The number of nitrogens with one attached hydrogen (secondary N) is 1. The number of para-hydroxylation sites is 1. The van der Waals surface area contributed by atoms with Crippen LogP contribution in [0.3, 0.4) is 0 Å². The van der Waals surface area contributed by atoms with Crippen LogP contribution in [0.15, 0.2) is 72.8 Å². The highest BCUT2D eigenvalue weighted by atomic mass is 35.5. The molecule has 5 nitrogen and oxygen atoms in total. The second-order valence-corrected chi connectivity index (χ2v) is 7.87. The van der Waals surface area contributed by atoms with Crippen molar-refractivity contribution in [3.63, 3.8) is 0 Å². The first-order chi connectivity index (χ1) is 14.9. The van der Waals surface area contributed by atoms with Crippen molar-refractivity contribution in [2.24, 2.45) is 0 Å². The Morgan fingerprint density at radius 2 is 1.81 bits per heavy atom. The minimum absolute atomic E-state index is 0.131. The number of nitrogens with zero attached hydrogens (tertiary/aromatic N) is 2. The average Bonchev–Trinajstić information content (AvgIpc) is 3.05. The van der Waals surface area contributed by atoms with Crippen molar-refractivity contribution in [1.82, 2.24) is 9.78 Å². The van der Waals surface area contributed by atoms with Gasteiger partial charge in [-0.3, -0.25) is 4.79 Å². The Balaban J connectivity index is 1.58. The number of aromatic nitrogens is 2. The molecular weight excluding hydrogens is 408 g/mol. The van der Waals surface area contributed by atoms with E-state index < -0.39 is 0 Å². The first-order valence-electron chi connectivity index (χ1n) is 9.98. The number of anilines is 2. The second kappa shape index (κ2) is 8.66. The molecule has 6 heteroatoms. The lowest BCUT2D eigenvalue weighted by atomic mass is 10.0. The molecule has 1 heterocycles. The largest absolute Gasteiger partial charge is 0.398 e. The summed E-state index contributed by atoms with van der Waals surface area (Å²) in [6.45, 7) is 4.02. The highest BCUT2D eigenvalue weighted by Gasteiger charge is 2.15. The lowest BCUT2D eigenvalue weighted by Gasteiger charge is -2.09. The van der Waals surface area contributed by atoms with Crippen molar-refractivity contribution in [1.29, 1.82) is 0 Å². The summed E-state index contributed by atoms with van der Waals surface area (Å²) in [7, 11) is 0. The SMILES string of the molecule is Cc1nn(-c2ccc(N)c(Cl)c2)c(C)c1Cc1cccc(C(=O)Nc2ccccc2)c1. The quantitative estimate of drug-likeness (QED) is 0.406. The molecule has 1 aromatic heterocycles. The van der Waals surface area contributed by atoms with Crippen molar-refractivity contribution in [2.45, 2.75) is 20.3 Å². The maximum absolute atomic E-state index is 12.7. The number of carbonyl (C=O) groups excluding carboxylic acids is 1. The van der Waals surface area contributed by atoms with Gasteiger partial charge in [0.25, 0.3) is 5.91 Å². The van der Waals surface area contributed by atoms with Crippen LogP contribution in [-0.2, 0) is 6.42 Å². The smallest absolute Gasteiger partial charge is 0.255 e. The monoisotopic (exact) mass is 430 g/mol. The standard InChI is InChI=1S/C25H23ClN4O/c1-16-22(17(2)30(29-16)21-11-12-24(27)23(26)15-21)14-18-7-6-8-19(13-18)25(31)28-20-9-4-3-5-10-20/h3-13,15H,14,27H2,1-2H3,(H,28,31). The number of benzene rings is 3. The average molecular weight is 431 g/mol. The number of nitrogen functional groups attached to an aromatic ring is 1. The van der Waals surface area contributed by atoms with E-state index in [1.807, 2.05) is 85.3 Å². The Bertz CT molecular complexity index is 1250.